The third-order valence-electron chi connectivity index (χ3n) is 7.33. The van der Waals surface area contributed by atoms with E-state index >= 15 is 0 Å². The van der Waals surface area contributed by atoms with Crippen molar-refractivity contribution in [2.24, 2.45) is 0 Å². The lowest BCUT2D eigenvalue weighted by atomic mass is 9.97. The second-order valence-electron chi connectivity index (χ2n) is 10.2. The molecular weight excluding hydrogens is 545 g/mol. The highest BCUT2D eigenvalue weighted by Crippen LogP contribution is 2.30. The lowest BCUT2D eigenvalue weighted by Gasteiger charge is -2.13. The normalized spacial score (nSPS) is 11.0. The Labute approximate surface area is 247 Å². The maximum Gasteiger partial charge on any atom is 0.335 e. The van der Waals surface area contributed by atoms with E-state index in [1.165, 1.54) is 6.07 Å². The number of benzene rings is 4. The molecule has 0 aliphatic rings. The van der Waals surface area contributed by atoms with Gasteiger partial charge in [0.05, 0.1) is 36.0 Å². The lowest BCUT2D eigenvalue weighted by molar-refractivity contribution is 0.0697. The van der Waals surface area contributed by atoms with Crippen LogP contribution in [0.5, 0.6) is 5.75 Å². The fourth-order valence-electron chi connectivity index (χ4n) is 5.15. The Balaban J connectivity index is 1.25. The van der Waals surface area contributed by atoms with Gasteiger partial charge < -0.3 is 18.8 Å². The molecule has 7 nitrogen and oxygen atoms in total. The van der Waals surface area contributed by atoms with Crippen molar-refractivity contribution < 1.29 is 23.4 Å². The first-order valence-corrected chi connectivity index (χ1v) is 13.6. The van der Waals surface area contributed by atoms with E-state index in [9.17, 15) is 14.3 Å². The number of carboxylic acid groups (broad SMARTS) is 1. The molecule has 0 atom stereocenters. The van der Waals surface area contributed by atoms with Gasteiger partial charge in [-0.05, 0) is 77.7 Å². The third-order valence-corrected chi connectivity index (χ3v) is 7.33. The Morgan fingerprint density at radius 3 is 2.67 bits per heavy atom. The summed E-state index contributed by atoms with van der Waals surface area (Å²) < 4.78 is 27.8. The summed E-state index contributed by atoms with van der Waals surface area (Å²) in [5.74, 6) is 0.710. The van der Waals surface area contributed by atoms with Gasteiger partial charge in [0.25, 0.3) is 0 Å². The number of rotatable bonds is 9. The van der Waals surface area contributed by atoms with Crippen molar-refractivity contribution in [2.75, 3.05) is 0 Å². The number of aryl methyl sites for hydroxylation is 1. The molecule has 0 fully saturated rings. The standard InChI is InChI=1S/C35H26FN3O4/c1-22-15-23(16-34-38-32-13-10-25(35(40)41)18-33(32)39(34)20-29-7-4-14-42-29)8-12-30(22)24-5-3-6-28(17-24)43-21-26-9-11-27(37-2)19-31(26)36/h3-15,17-19H,16,20-21H2,1H3,(H,40,41). The maximum atomic E-state index is 14.3. The van der Waals surface area contributed by atoms with Crippen LogP contribution in [0.3, 0.4) is 0 Å². The van der Waals surface area contributed by atoms with Crippen molar-refractivity contribution in [1.29, 1.82) is 0 Å². The summed E-state index contributed by atoms with van der Waals surface area (Å²) in [6, 6.07) is 26.9. The van der Waals surface area contributed by atoms with Gasteiger partial charge >= 0.3 is 5.97 Å². The van der Waals surface area contributed by atoms with Crippen LogP contribution in [-0.2, 0) is 19.6 Å². The molecule has 0 aliphatic heterocycles. The van der Waals surface area contributed by atoms with Crippen LogP contribution in [0.15, 0.2) is 102 Å². The fraction of sp³-hybridized carbons (Fsp3) is 0.114. The van der Waals surface area contributed by atoms with Crippen molar-refractivity contribution in [3.05, 3.63) is 148 Å². The van der Waals surface area contributed by atoms with Gasteiger partial charge in [0.15, 0.2) is 5.69 Å². The van der Waals surface area contributed by atoms with Gasteiger partial charge in [-0.2, -0.15) is 0 Å². The van der Waals surface area contributed by atoms with Gasteiger partial charge in [-0.3, -0.25) is 0 Å². The highest BCUT2D eigenvalue weighted by atomic mass is 19.1. The number of carboxylic acids is 1. The van der Waals surface area contributed by atoms with Crippen LogP contribution in [0.1, 0.15) is 38.6 Å². The molecule has 0 radical (unpaired) electrons. The Kier molecular flexibility index (Phi) is 7.46. The number of fused-ring (bicyclic) bond motifs is 1. The van der Waals surface area contributed by atoms with E-state index in [4.69, 9.17) is 20.7 Å². The Morgan fingerprint density at radius 1 is 1.05 bits per heavy atom. The Morgan fingerprint density at radius 2 is 1.93 bits per heavy atom. The van der Waals surface area contributed by atoms with Crippen molar-refractivity contribution in [3.63, 3.8) is 0 Å². The van der Waals surface area contributed by atoms with Crippen LogP contribution >= 0.6 is 0 Å². The number of carbonyl (C=O) groups is 1. The van der Waals surface area contributed by atoms with E-state index in [0.717, 1.165) is 44.9 Å². The van der Waals surface area contributed by atoms with Crippen molar-refractivity contribution in [1.82, 2.24) is 9.55 Å². The number of imidazole rings is 1. The first-order valence-electron chi connectivity index (χ1n) is 13.6. The van der Waals surface area contributed by atoms with Crippen LogP contribution in [0.25, 0.3) is 27.0 Å². The summed E-state index contributed by atoms with van der Waals surface area (Å²) >= 11 is 0. The average molecular weight is 572 g/mol. The molecule has 0 saturated heterocycles. The number of aromatic carboxylic acids is 1. The van der Waals surface area contributed by atoms with Crippen LogP contribution in [0.4, 0.5) is 10.1 Å². The smallest absolute Gasteiger partial charge is 0.335 e. The molecule has 2 heterocycles. The van der Waals surface area contributed by atoms with Gasteiger partial charge in [0, 0.05) is 12.0 Å². The third kappa shape index (κ3) is 5.88. The van der Waals surface area contributed by atoms with Gasteiger partial charge in [-0.1, -0.05) is 42.5 Å². The van der Waals surface area contributed by atoms with E-state index in [1.54, 1.807) is 36.6 Å². The summed E-state index contributed by atoms with van der Waals surface area (Å²) in [6.45, 7) is 9.56. The molecule has 1 N–H and O–H groups in total. The molecule has 0 saturated carbocycles. The summed E-state index contributed by atoms with van der Waals surface area (Å²) in [4.78, 5) is 19.7. The molecule has 8 heteroatoms. The zero-order valence-corrected chi connectivity index (χ0v) is 23.3. The van der Waals surface area contributed by atoms with Crippen molar-refractivity contribution >= 4 is 22.7 Å². The molecule has 2 aromatic heterocycles. The summed E-state index contributed by atoms with van der Waals surface area (Å²) in [5.41, 5.74) is 6.43. The van der Waals surface area contributed by atoms with E-state index < -0.39 is 11.8 Å². The summed E-state index contributed by atoms with van der Waals surface area (Å²) in [7, 11) is 0. The van der Waals surface area contributed by atoms with Gasteiger partial charge in [-0.15, -0.1) is 0 Å². The number of aromatic nitrogens is 2. The second kappa shape index (κ2) is 11.7. The highest BCUT2D eigenvalue weighted by Gasteiger charge is 2.16. The molecule has 0 aliphatic carbocycles. The number of furan rings is 1. The van der Waals surface area contributed by atoms with E-state index in [1.807, 2.05) is 47.9 Å². The minimum absolute atomic E-state index is 0.0540. The zero-order valence-electron chi connectivity index (χ0n) is 23.3. The SMILES string of the molecule is [C-]#[N+]c1ccc(COc2cccc(-c3ccc(Cc4nc5ccc(C(=O)O)cc5n4Cc4ccco4)cc3C)c2)c(F)c1. The summed E-state index contributed by atoms with van der Waals surface area (Å²) in [5, 5.41) is 9.53. The molecule has 0 amide bonds. The number of ether oxygens (including phenoxy) is 1. The molecule has 0 bridgehead atoms. The fourth-order valence-corrected chi connectivity index (χ4v) is 5.15. The van der Waals surface area contributed by atoms with Crippen molar-refractivity contribution in [2.45, 2.75) is 26.5 Å². The summed E-state index contributed by atoms with van der Waals surface area (Å²) in [6.07, 6.45) is 2.16. The molecule has 6 aromatic rings. The lowest BCUT2D eigenvalue weighted by Crippen LogP contribution is -2.06. The number of halogens is 1. The molecule has 6 rings (SSSR count). The predicted molar refractivity (Wildman–Crippen MR) is 161 cm³/mol. The Bertz CT molecular complexity index is 2000. The van der Waals surface area contributed by atoms with Crippen molar-refractivity contribution in [3.8, 4) is 16.9 Å². The molecule has 4 aromatic carbocycles. The topological polar surface area (TPSA) is 81.9 Å². The average Bonchev–Trinajstić information content (AvgIpc) is 3.64. The number of hydrogen-bond acceptors (Lipinski definition) is 4. The first-order chi connectivity index (χ1) is 20.9. The second-order valence-corrected chi connectivity index (χ2v) is 10.2. The molecular formula is C35H26FN3O4. The van der Waals surface area contributed by atoms with E-state index in [-0.39, 0.29) is 17.9 Å². The monoisotopic (exact) mass is 571 g/mol. The van der Waals surface area contributed by atoms with Crippen LogP contribution < -0.4 is 4.74 Å². The number of nitrogens with zero attached hydrogens (tertiary/aromatic N) is 3. The van der Waals surface area contributed by atoms with Gasteiger partial charge in [-0.25, -0.2) is 19.0 Å². The minimum atomic E-state index is -0.989. The van der Waals surface area contributed by atoms with Crippen LogP contribution in [-0.4, -0.2) is 20.6 Å². The molecule has 212 valence electrons. The Hall–Kier alpha value is -5.68. The van der Waals surface area contributed by atoms with Gasteiger partial charge in [0.1, 0.15) is 29.8 Å². The van der Waals surface area contributed by atoms with Crippen LogP contribution in [0, 0.1) is 19.3 Å². The molecule has 43 heavy (non-hydrogen) atoms. The minimum Gasteiger partial charge on any atom is -0.489 e. The van der Waals surface area contributed by atoms with E-state index in [2.05, 4.69) is 23.0 Å². The van der Waals surface area contributed by atoms with E-state index in [0.29, 0.717) is 24.3 Å². The maximum absolute atomic E-state index is 14.3. The molecule has 0 unspecified atom stereocenters. The quantitative estimate of drug-likeness (QED) is 0.177. The molecule has 0 spiro atoms. The highest BCUT2D eigenvalue weighted by molar-refractivity contribution is 5.92. The van der Waals surface area contributed by atoms with Crippen LogP contribution in [0.2, 0.25) is 0 Å². The zero-order chi connectivity index (χ0) is 29.9. The largest absolute Gasteiger partial charge is 0.489 e. The first kappa shape index (κ1) is 27.5. The predicted octanol–water partition coefficient (Wildman–Crippen LogP) is 8.21. The van der Waals surface area contributed by atoms with Gasteiger partial charge in [0.2, 0.25) is 0 Å². The number of hydrogen-bond donors (Lipinski definition) is 1.